The normalized spacial score (nSPS) is 11.8. The van der Waals surface area contributed by atoms with Crippen LogP contribution in [0, 0.1) is 0 Å². The van der Waals surface area contributed by atoms with E-state index in [0.717, 1.165) is 18.5 Å². The number of benzene rings is 2. The number of ether oxygens (including phenoxy) is 1. The number of hydrogen-bond acceptors (Lipinski definition) is 6. The van der Waals surface area contributed by atoms with Crippen LogP contribution in [-0.2, 0) is 11.2 Å². The molecule has 152 valence electrons. The highest BCUT2D eigenvalue weighted by Crippen LogP contribution is 2.25. The number of nitrogens with one attached hydrogen (secondary N) is 1. The number of para-hydroxylation sites is 2. The molecule has 1 aromatic heterocycles. The summed E-state index contributed by atoms with van der Waals surface area (Å²) in [4.78, 5) is 12.3. The van der Waals surface area contributed by atoms with Gasteiger partial charge in [-0.05, 0) is 54.8 Å². The fourth-order valence-electron chi connectivity index (χ4n) is 2.88. The second-order valence-corrected chi connectivity index (χ2v) is 7.50. The van der Waals surface area contributed by atoms with Gasteiger partial charge in [-0.15, -0.1) is 5.10 Å². The van der Waals surface area contributed by atoms with Crippen LogP contribution in [0.1, 0.15) is 25.8 Å². The Labute approximate surface area is 174 Å². The van der Waals surface area contributed by atoms with Gasteiger partial charge >= 0.3 is 0 Å². The Morgan fingerprint density at radius 2 is 1.93 bits per heavy atom. The van der Waals surface area contributed by atoms with Gasteiger partial charge in [-0.2, -0.15) is 4.68 Å². The predicted octanol–water partition coefficient (Wildman–Crippen LogP) is 3.29. The van der Waals surface area contributed by atoms with E-state index in [9.17, 15) is 4.79 Å². The number of nitrogens with zero attached hydrogens (tertiary/aromatic N) is 4. The second-order valence-electron chi connectivity index (χ2n) is 6.56. The van der Waals surface area contributed by atoms with E-state index in [1.54, 1.807) is 4.68 Å². The Bertz CT molecular complexity index is 916. The topological polar surface area (TPSA) is 81.9 Å². The van der Waals surface area contributed by atoms with E-state index in [1.807, 2.05) is 56.3 Å². The lowest BCUT2D eigenvalue weighted by Crippen LogP contribution is -2.34. The zero-order valence-electron chi connectivity index (χ0n) is 16.6. The number of amides is 1. The highest BCUT2D eigenvalue weighted by Gasteiger charge is 2.15. The van der Waals surface area contributed by atoms with Crippen LogP contribution < -0.4 is 10.1 Å². The maximum atomic E-state index is 12.3. The van der Waals surface area contributed by atoms with Crippen LogP contribution in [0.3, 0.4) is 0 Å². The fourth-order valence-corrected chi connectivity index (χ4v) is 3.57. The molecule has 0 saturated heterocycles. The van der Waals surface area contributed by atoms with E-state index in [0.29, 0.717) is 17.5 Å². The minimum absolute atomic E-state index is 0.0387. The Morgan fingerprint density at radius 1 is 1.17 bits per heavy atom. The molecule has 0 spiro atoms. The van der Waals surface area contributed by atoms with Gasteiger partial charge in [0.15, 0.2) is 0 Å². The second kappa shape index (κ2) is 10.6. The third kappa shape index (κ3) is 6.05. The largest absolute Gasteiger partial charge is 0.492 e. The maximum Gasteiger partial charge on any atom is 0.230 e. The van der Waals surface area contributed by atoms with Gasteiger partial charge in [-0.1, -0.05) is 54.2 Å². The van der Waals surface area contributed by atoms with Gasteiger partial charge in [0.25, 0.3) is 0 Å². The Balaban J connectivity index is 1.53. The van der Waals surface area contributed by atoms with Crippen LogP contribution in [0.4, 0.5) is 0 Å². The molecule has 1 amide bonds. The first-order valence-electron chi connectivity index (χ1n) is 9.64. The summed E-state index contributed by atoms with van der Waals surface area (Å²) in [6.07, 6.45) is 1.82. The van der Waals surface area contributed by atoms with Gasteiger partial charge in [0.1, 0.15) is 11.4 Å². The van der Waals surface area contributed by atoms with Crippen molar-refractivity contribution in [3.05, 3.63) is 60.2 Å². The Kier molecular flexibility index (Phi) is 7.63. The molecule has 0 aliphatic heterocycles. The summed E-state index contributed by atoms with van der Waals surface area (Å²) in [5.74, 6) is 0.902. The summed E-state index contributed by atoms with van der Waals surface area (Å²) in [5.41, 5.74) is 2.02. The average molecular weight is 412 g/mol. The molecule has 0 saturated carbocycles. The Morgan fingerprint density at radius 3 is 2.72 bits per heavy atom. The van der Waals surface area contributed by atoms with E-state index in [2.05, 4.69) is 33.0 Å². The molecule has 1 atom stereocenters. The van der Waals surface area contributed by atoms with E-state index >= 15 is 0 Å². The summed E-state index contributed by atoms with van der Waals surface area (Å²) >= 11 is 1.30. The summed E-state index contributed by atoms with van der Waals surface area (Å²) < 4.78 is 7.25. The quantitative estimate of drug-likeness (QED) is 0.516. The molecule has 0 aliphatic carbocycles. The van der Waals surface area contributed by atoms with Crippen molar-refractivity contribution in [1.82, 2.24) is 25.5 Å². The number of thioether (sulfide) groups is 1. The molecular formula is C21H25N5O2S. The van der Waals surface area contributed by atoms with E-state index in [1.165, 1.54) is 17.3 Å². The summed E-state index contributed by atoms with van der Waals surface area (Å²) in [7, 11) is 0. The third-order valence-corrected chi connectivity index (χ3v) is 5.20. The van der Waals surface area contributed by atoms with Gasteiger partial charge in [0, 0.05) is 6.04 Å². The molecule has 8 heteroatoms. The molecule has 1 unspecified atom stereocenters. The lowest BCUT2D eigenvalue weighted by molar-refractivity contribution is -0.119. The van der Waals surface area contributed by atoms with Crippen LogP contribution in [0.25, 0.3) is 5.69 Å². The lowest BCUT2D eigenvalue weighted by atomic mass is 10.1. The molecule has 0 fully saturated rings. The summed E-state index contributed by atoms with van der Waals surface area (Å²) in [6, 6.07) is 17.9. The lowest BCUT2D eigenvalue weighted by Gasteiger charge is -2.14. The van der Waals surface area contributed by atoms with Crippen molar-refractivity contribution in [2.75, 3.05) is 12.4 Å². The van der Waals surface area contributed by atoms with Crippen molar-refractivity contribution in [2.24, 2.45) is 0 Å². The molecule has 0 bridgehead atoms. The molecule has 29 heavy (non-hydrogen) atoms. The number of tetrazole rings is 1. The zero-order valence-corrected chi connectivity index (χ0v) is 17.4. The average Bonchev–Trinajstić information content (AvgIpc) is 3.21. The van der Waals surface area contributed by atoms with Crippen molar-refractivity contribution < 1.29 is 9.53 Å². The van der Waals surface area contributed by atoms with E-state index < -0.39 is 0 Å². The number of carbonyl (C=O) groups is 1. The van der Waals surface area contributed by atoms with Gasteiger partial charge in [0.05, 0.1) is 12.4 Å². The maximum absolute atomic E-state index is 12.3. The van der Waals surface area contributed by atoms with E-state index in [-0.39, 0.29) is 17.7 Å². The number of rotatable bonds is 10. The zero-order chi connectivity index (χ0) is 20.5. The summed E-state index contributed by atoms with van der Waals surface area (Å²) in [5, 5.41) is 15.4. The molecule has 0 radical (unpaired) electrons. The standard InChI is InChI=1S/C21H25N5O2S/c1-3-28-19-12-8-7-11-18(19)26-21(23-24-25-26)29-15-20(27)22-16(2)13-14-17-9-5-4-6-10-17/h4-12,16H,3,13-15H2,1-2H3,(H,22,27). The molecule has 2 aromatic carbocycles. The molecule has 3 aromatic rings. The predicted molar refractivity (Wildman–Crippen MR) is 113 cm³/mol. The Hall–Kier alpha value is -2.87. The van der Waals surface area contributed by atoms with Gasteiger partial charge in [0.2, 0.25) is 11.1 Å². The monoisotopic (exact) mass is 411 g/mol. The van der Waals surface area contributed by atoms with Crippen LogP contribution in [0.5, 0.6) is 5.75 Å². The molecule has 7 nitrogen and oxygen atoms in total. The smallest absolute Gasteiger partial charge is 0.230 e. The number of carbonyl (C=O) groups excluding carboxylic acids is 1. The van der Waals surface area contributed by atoms with Gasteiger partial charge < -0.3 is 10.1 Å². The molecular weight excluding hydrogens is 386 g/mol. The summed E-state index contributed by atoms with van der Waals surface area (Å²) in [6.45, 7) is 4.49. The number of aryl methyl sites for hydroxylation is 1. The molecule has 1 N–H and O–H groups in total. The minimum atomic E-state index is -0.0387. The highest BCUT2D eigenvalue weighted by molar-refractivity contribution is 7.99. The van der Waals surface area contributed by atoms with Crippen molar-refractivity contribution in [3.8, 4) is 11.4 Å². The first-order chi connectivity index (χ1) is 14.2. The first kappa shape index (κ1) is 20.9. The molecule has 1 heterocycles. The SMILES string of the molecule is CCOc1ccccc1-n1nnnc1SCC(=O)NC(C)CCc1ccccc1. The van der Waals surface area contributed by atoms with Crippen molar-refractivity contribution in [1.29, 1.82) is 0 Å². The first-order valence-corrected chi connectivity index (χ1v) is 10.6. The van der Waals surface area contributed by atoms with Crippen LogP contribution in [0.15, 0.2) is 59.8 Å². The van der Waals surface area contributed by atoms with Gasteiger partial charge in [-0.3, -0.25) is 4.79 Å². The fraction of sp³-hybridized carbons (Fsp3) is 0.333. The van der Waals surface area contributed by atoms with Crippen molar-refractivity contribution >= 4 is 17.7 Å². The van der Waals surface area contributed by atoms with Crippen molar-refractivity contribution in [2.45, 2.75) is 37.9 Å². The third-order valence-electron chi connectivity index (χ3n) is 4.28. The molecule has 0 aliphatic rings. The van der Waals surface area contributed by atoms with Crippen molar-refractivity contribution in [3.63, 3.8) is 0 Å². The highest BCUT2D eigenvalue weighted by atomic mass is 32.2. The molecule has 3 rings (SSSR count). The number of aromatic nitrogens is 4. The minimum Gasteiger partial charge on any atom is -0.492 e. The number of hydrogen-bond donors (Lipinski definition) is 1. The van der Waals surface area contributed by atoms with Crippen LogP contribution >= 0.6 is 11.8 Å². The van der Waals surface area contributed by atoms with Crippen LogP contribution in [0.2, 0.25) is 0 Å². The van der Waals surface area contributed by atoms with Gasteiger partial charge in [-0.25, -0.2) is 0 Å². The van der Waals surface area contributed by atoms with Crippen LogP contribution in [-0.4, -0.2) is 44.5 Å². The van der Waals surface area contributed by atoms with E-state index in [4.69, 9.17) is 4.74 Å².